The number of ether oxygens (including phenoxy) is 1. The highest BCUT2D eigenvalue weighted by atomic mass is 32.2. The summed E-state index contributed by atoms with van der Waals surface area (Å²) in [5.41, 5.74) is 2.32. The van der Waals surface area contributed by atoms with Crippen LogP contribution >= 0.6 is 11.8 Å². The minimum absolute atomic E-state index is 0.0103. The maximum atomic E-state index is 13.1. The second-order valence-corrected chi connectivity index (χ2v) is 10.1. The van der Waals surface area contributed by atoms with E-state index in [0.717, 1.165) is 29.9 Å². The van der Waals surface area contributed by atoms with Crippen LogP contribution in [-0.2, 0) is 9.59 Å². The number of allylic oxidation sites excluding steroid dienone is 1. The molecule has 32 heavy (non-hydrogen) atoms. The third kappa shape index (κ3) is 4.46. The molecular weight excluding hydrogens is 420 g/mol. The molecule has 1 N–H and O–H groups in total. The number of methoxy groups -OCH3 is 1. The van der Waals surface area contributed by atoms with Crippen LogP contribution in [0.3, 0.4) is 0 Å². The van der Waals surface area contributed by atoms with E-state index < -0.39 is 0 Å². The van der Waals surface area contributed by atoms with Crippen LogP contribution in [0, 0.1) is 11.8 Å². The van der Waals surface area contributed by atoms with E-state index in [1.807, 2.05) is 48.6 Å². The lowest BCUT2D eigenvalue weighted by atomic mass is 9.78. The molecule has 1 fully saturated rings. The lowest BCUT2D eigenvalue weighted by Crippen LogP contribution is -2.44. The molecule has 4 atom stereocenters. The predicted molar refractivity (Wildman–Crippen MR) is 130 cm³/mol. The van der Waals surface area contributed by atoms with Gasteiger partial charge in [-0.15, -0.1) is 0 Å². The van der Waals surface area contributed by atoms with E-state index in [1.54, 1.807) is 18.7 Å². The van der Waals surface area contributed by atoms with Gasteiger partial charge in [0.2, 0.25) is 5.71 Å². The van der Waals surface area contributed by atoms with Gasteiger partial charge in [-0.25, -0.2) is 4.79 Å². The number of nitrogens with one attached hydrogen (secondary N) is 1. The van der Waals surface area contributed by atoms with Crippen molar-refractivity contribution in [2.75, 3.05) is 14.2 Å². The molecule has 2 amide bonds. The average molecular weight is 452 g/mol. The zero-order valence-electron chi connectivity index (χ0n) is 19.1. The van der Waals surface area contributed by atoms with Gasteiger partial charge in [0.15, 0.2) is 0 Å². The second kappa shape index (κ2) is 9.49. The zero-order chi connectivity index (χ0) is 22.8. The summed E-state index contributed by atoms with van der Waals surface area (Å²) in [6.07, 6.45) is 11.0. The highest BCUT2D eigenvalue weighted by Crippen LogP contribution is 2.35. The maximum Gasteiger partial charge on any atom is 0.425 e. The SMILES string of the molecule is COc1ccccc1/C=C1/SC2C=CC(C(=O)NC3CCCC(C)C3C)=CC2=[N+](C)C1=O. The second-order valence-electron chi connectivity index (χ2n) is 8.88. The molecule has 0 saturated heterocycles. The molecule has 1 saturated carbocycles. The number of para-hydroxylation sites is 1. The first-order valence-corrected chi connectivity index (χ1v) is 12.1. The number of likely N-dealkylation sites (N-methyl/N-ethyl adjacent to an activating group) is 1. The van der Waals surface area contributed by atoms with Crippen molar-refractivity contribution in [1.29, 1.82) is 0 Å². The lowest BCUT2D eigenvalue weighted by molar-refractivity contribution is -0.413. The Morgan fingerprint density at radius 3 is 2.81 bits per heavy atom. The van der Waals surface area contributed by atoms with Crippen LogP contribution in [0.1, 0.15) is 38.7 Å². The molecule has 1 heterocycles. The lowest BCUT2D eigenvalue weighted by Gasteiger charge is -2.34. The van der Waals surface area contributed by atoms with Crippen LogP contribution in [0.5, 0.6) is 5.75 Å². The Hall–Kier alpha value is -2.60. The molecule has 5 nitrogen and oxygen atoms in total. The molecule has 0 aromatic heterocycles. The minimum Gasteiger partial charge on any atom is -0.496 e. The third-order valence-electron chi connectivity index (χ3n) is 6.91. The molecule has 2 aliphatic carbocycles. The Morgan fingerprint density at radius 2 is 2.03 bits per heavy atom. The van der Waals surface area contributed by atoms with Gasteiger partial charge in [-0.05, 0) is 30.4 Å². The van der Waals surface area contributed by atoms with Crippen LogP contribution in [0.25, 0.3) is 6.08 Å². The number of amides is 2. The van der Waals surface area contributed by atoms with Crippen molar-refractivity contribution < 1.29 is 18.9 Å². The van der Waals surface area contributed by atoms with Gasteiger partial charge in [-0.1, -0.05) is 68.8 Å². The van der Waals surface area contributed by atoms with E-state index in [-0.39, 0.29) is 23.1 Å². The molecule has 6 heteroatoms. The summed E-state index contributed by atoms with van der Waals surface area (Å²) in [6.45, 7) is 4.49. The largest absolute Gasteiger partial charge is 0.496 e. The van der Waals surface area contributed by atoms with E-state index in [1.165, 1.54) is 18.2 Å². The quantitative estimate of drug-likeness (QED) is 0.551. The summed E-state index contributed by atoms with van der Waals surface area (Å²) in [4.78, 5) is 26.7. The van der Waals surface area contributed by atoms with Crippen LogP contribution in [0.15, 0.2) is 53.0 Å². The molecule has 0 radical (unpaired) electrons. The third-order valence-corrected chi connectivity index (χ3v) is 8.11. The summed E-state index contributed by atoms with van der Waals surface area (Å²) >= 11 is 1.51. The van der Waals surface area contributed by atoms with E-state index in [9.17, 15) is 9.59 Å². The van der Waals surface area contributed by atoms with Crippen molar-refractivity contribution in [3.63, 3.8) is 0 Å². The number of carbonyl (C=O) groups excluding carboxylic acids is 2. The molecule has 1 aromatic carbocycles. The van der Waals surface area contributed by atoms with Crippen LogP contribution < -0.4 is 10.1 Å². The summed E-state index contributed by atoms with van der Waals surface area (Å²) in [7, 11) is 3.40. The zero-order valence-corrected chi connectivity index (χ0v) is 19.9. The maximum absolute atomic E-state index is 13.1. The minimum atomic E-state index is -0.0757. The molecular formula is C26H31N2O3S+. The molecule has 4 rings (SSSR count). The van der Waals surface area contributed by atoms with Gasteiger partial charge < -0.3 is 10.1 Å². The molecule has 4 unspecified atom stereocenters. The van der Waals surface area contributed by atoms with Crippen molar-refractivity contribution in [3.8, 4) is 5.75 Å². The number of thioether (sulfide) groups is 1. The van der Waals surface area contributed by atoms with Crippen molar-refractivity contribution in [3.05, 3.63) is 58.5 Å². The summed E-state index contributed by atoms with van der Waals surface area (Å²) in [5.74, 6) is 1.69. The van der Waals surface area contributed by atoms with Gasteiger partial charge in [0.1, 0.15) is 23.0 Å². The number of benzene rings is 1. The topological polar surface area (TPSA) is 58.4 Å². The Bertz CT molecular complexity index is 1050. The number of carbonyl (C=O) groups is 2. The number of rotatable bonds is 4. The molecule has 0 spiro atoms. The van der Waals surface area contributed by atoms with Gasteiger partial charge in [-0.2, -0.15) is 4.58 Å². The fourth-order valence-electron chi connectivity index (χ4n) is 4.64. The summed E-state index contributed by atoms with van der Waals surface area (Å²) in [6, 6.07) is 7.86. The Kier molecular flexibility index (Phi) is 6.70. The van der Waals surface area contributed by atoms with E-state index in [0.29, 0.717) is 22.3 Å². The molecule has 0 bridgehead atoms. The Morgan fingerprint density at radius 1 is 1.25 bits per heavy atom. The summed E-state index contributed by atoms with van der Waals surface area (Å²) < 4.78 is 7.08. The van der Waals surface area contributed by atoms with Crippen LogP contribution in [0.4, 0.5) is 0 Å². The number of hydrogen-bond acceptors (Lipinski definition) is 4. The highest BCUT2D eigenvalue weighted by molar-refractivity contribution is 8.05. The van der Waals surface area contributed by atoms with Crippen molar-refractivity contribution >= 4 is 35.4 Å². The Balaban J connectivity index is 1.56. The molecule has 3 aliphatic rings. The Labute approximate surface area is 194 Å². The van der Waals surface area contributed by atoms with Gasteiger partial charge in [0.05, 0.1) is 7.11 Å². The predicted octanol–water partition coefficient (Wildman–Crippen LogP) is 4.20. The van der Waals surface area contributed by atoms with E-state index >= 15 is 0 Å². The van der Waals surface area contributed by atoms with Crippen molar-refractivity contribution in [1.82, 2.24) is 5.32 Å². The number of fused-ring (bicyclic) bond motifs is 1. The van der Waals surface area contributed by atoms with Gasteiger partial charge in [0.25, 0.3) is 5.91 Å². The van der Waals surface area contributed by atoms with E-state index in [2.05, 4.69) is 19.2 Å². The first-order valence-electron chi connectivity index (χ1n) is 11.3. The first kappa shape index (κ1) is 22.6. The standard InChI is InChI=1S/C26H30N2O3S/c1-16-8-7-10-20(17(16)2)27-25(29)19-12-13-23-21(14-19)28(3)26(30)24(32-23)15-18-9-5-6-11-22(18)31-4/h5-6,9,11-17,20,23H,7-8,10H2,1-4H3/p+1/b24-15+. The molecule has 1 aliphatic heterocycles. The highest BCUT2D eigenvalue weighted by Gasteiger charge is 2.38. The fraction of sp³-hybridized carbons (Fsp3) is 0.423. The van der Waals surface area contributed by atoms with Crippen LogP contribution in [-0.4, -0.2) is 47.6 Å². The normalized spacial score (nSPS) is 28.9. The number of nitrogens with zero attached hydrogens (tertiary/aromatic N) is 1. The smallest absolute Gasteiger partial charge is 0.425 e. The molecule has 1 aromatic rings. The van der Waals surface area contributed by atoms with Crippen molar-refractivity contribution in [2.45, 2.75) is 44.4 Å². The first-order chi connectivity index (χ1) is 15.4. The van der Waals surface area contributed by atoms with E-state index in [4.69, 9.17) is 4.74 Å². The van der Waals surface area contributed by atoms with Crippen molar-refractivity contribution in [2.24, 2.45) is 11.8 Å². The average Bonchev–Trinajstić information content (AvgIpc) is 2.80. The van der Waals surface area contributed by atoms with Gasteiger partial charge >= 0.3 is 5.91 Å². The fourth-order valence-corrected chi connectivity index (χ4v) is 5.85. The number of hydrogen-bond donors (Lipinski definition) is 1. The monoisotopic (exact) mass is 451 g/mol. The molecule has 168 valence electrons. The van der Waals surface area contributed by atoms with Crippen LogP contribution in [0.2, 0.25) is 0 Å². The van der Waals surface area contributed by atoms with Gasteiger partial charge in [-0.3, -0.25) is 4.79 Å². The van der Waals surface area contributed by atoms with Gasteiger partial charge in [0, 0.05) is 23.3 Å². The summed E-state index contributed by atoms with van der Waals surface area (Å²) in [5, 5.41) is 3.23.